The Balaban J connectivity index is 1.99. The van der Waals surface area contributed by atoms with E-state index in [4.69, 9.17) is 0 Å². The van der Waals surface area contributed by atoms with E-state index in [9.17, 15) is 4.79 Å². The van der Waals surface area contributed by atoms with Crippen molar-refractivity contribution >= 4 is 5.91 Å². The van der Waals surface area contributed by atoms with E-state index in [-0.39, 0.29) is 6.04 Å². The van der Waals surface area contributed by atoms with Crippen LogP contribution in [0.15, 0.2) is 0 Å². The number of likely N-dealkylation sites (N-methyl/N-ethyl adjacent to an activating group) is 1. The lowest BCUT2D eigenvalue weighted by atomic mass is 10.0. The van der Waals surface area contributed by atoms with E-state index in [0.29, 0.717) is 11.9 Å². The quantitative estimate of drug-likeness (QED) is 0.730. The van der Waals surface area contributed by atoms with Crippen molar-refractivity contribution < 1.29 is 4.79 Å². The number of amides is 1. The molecule has 1 aliphatic heterocycles. The molecule has 0 bridgehead atoms. The lowest BCUT2D eigenvalue weighted by molar-refractivity contribution is -0.138. The maximum absolute atomic E-state index is 12.0. The summed E-state index contributed by atoms with van der Waals surface area (Å²) in [6.07, 6.45) is 4.78. The first-order valence-electron chi connectivity index (χ1n) is 5.71. The molecule has 1 N–H and O–H groups in total. The highest BCUT2D eigenvalue weighted by Gasteiger charge is 2.37. The first kappa shape index (κ1) is 9.97. The number of hydrogen-bond donors (Lipinski definition) is 1. The standard InChI is InChI=1S/C11H20N2O/c1-8(9-5-6-9)13-7-3-4-10(12-2)11(13)14/h8-10,12H,3-7H2,1-2H3. The summed E-state index contributed by atoms with van der Waals surface area (Å²) in [5.74, 6) is 1.10. The van der Waals surface area contributed by atoms with Crippen molar-refractivity contribution in [2.24, 2.45) is 5.92 Å². The lowest BCUT2D eigenvalue weighted by Crippen LogP contribution is -2.53. The van der Waals surface area contributed by atoms with Gasteiger partial charge in [-0.1, -0.05) is 0 Å². The van der Waals surface area contributed by atoms with Gasteiger partial charge in [-0.05, 0) is 45.6 Å². The van der Waals surface area contributed by atoms with Gasteiger partial charge in [-0.25, -0.2) is 0 Å². The summed E-state index contributed by atoms with van der Waals surface area (Å²) in [7, 11) is 1.88. The van der Waals surface area contributed by atoms with Crippen LogP contribution in [-0.2, 0) is 4.79 Å². The van der Waals surface area contributed by atoms with Gasteiger partial charge in [0.2, 0.25) is 5.91 Å². The van der Waals surface area contributed by atoms with Crippen molar-refractivity contribution in [3.63, 3.8) is 0 Å². The first-order chi connectivity index (χ1) is 6.74. The molecule has 80 valence electrons. The minimum atomic E-state index is 0.0740. The van der Waals surface area contributed by atoms with E-state index in [2.05, 4.69) is 17.1 Å². The molecule has 2 rings (SSSR count). The van der Waals surface area contributed by atoms with Crippen molar-refractivity contribution in [3.8, 4) is 0 Å². The molecule has 1 heterocycles. The van der Waals surface area contributed by atoms with Gasteiger partial charge < -0.3 is 10.2 Å². The molecule has 0 spiro atoms. The summed E-state index contributed by atoms with van der Waals surface area (Å²) in [5, 5.41) is 3.11. The molecular formula is C11H20N2O. The molecule has 0 aromatic carbocycles. The second-order valence-electron chi connectivity index (χ2n) is 4.59. The van der Waals surface area contributed by atoms with Gasteiger partial charge in [0.15, 0.2) is 0 Å². The molecule has 3 heteroatoms. The highest BCUT2D eigenvalue weighted by molar-refractivity contribution is 5.82. The van der Waals surface area contributed by atoms with Crippen LogP contribution in [0, 0.1) is 5.92 Å². The predicted octanol–water partition coefficient (Wildman–Crippen LogP) is 0.995. The first-order valence-corrected chi connectivity index (χ1v) is 5.71. The van der Waals surface area contributed by atoms with E-state index in [1.165, 1.54) is 12.8 Å². The molecule has 2 fully saturated rings. The van der Waals surface area contributed by atoms with Gasteiger partial charge in [-0.3, -0.25) is 4.79 Å². The number of nitrogens with zero attached hydrogens (tertiary/aromatic N) is 1. The van der Waals surface area contributed by atoms with Crippen LogP contribution < -0.4 is 5.32 Å². The van der Waals surface area contributed by atoms with Gasteiger partial charge in [0.1, 0.15) is 0 Å². The molecule has 1 saturated heterocycles. The maximum atomic E-state index is 12.0. The van der Waals surface area contributed by atoms with Crippen LogP contribution in [0.5, 0.6) is 0 Å². The Kier molecular flexibility index (Phi) is 2.77. The summed E-state index contributed by atoms with van der Waals surface area (Å²) in [6.45, 7) is 3.17. The number of piperidine rings is 1. The molecule has 3 nitrogen and oxygen atoms in total. The van der Waals surface area contributed by atoms with Crippen LogP contribution in [0.1, 0.15) is 32.6 Å². The molecule has 14 heavy (non-hydrogen) atoms. The highest BCUT2D eigenvalue weighted by atomic mass is 16.2. The average Bonchev–Trinajstić information content (AvgIpc) is 3.00. The smallest absolute Gasteiger partial charge is 0.239 e. The van der Waals surface area contributed by atoms with E-state index in [1.54, 1.807) is 0 Å². The SMILES string of the molecule is CNC1CCCN(C(C)C2CC2)C1=O. The third-order valence-electron chi connectivity index (χ3n) is 3.62. The summed E-state index contributed by atoms with van der Waals surface area (Å²) >= 11 is 0. The van der Waals surface area contributed by atoms with Gasteiger partial charge in [0.05, 0.1) is 6.04 Å². The third kappa shape index (κ3) is 1.78. The van der Waals surface area contributed by atoms with E-state index >= 15 is 0 Å². The third-order valence-corrected chi connectivity index (χ3v) is 3.62. The minimum Gasteiger partial charge on any atom is -0.338 e. The molecule has 1 aliphatic carbocycles. The van der Waals surface area contributed by atoms with Crippen molar-refractivity contribution in [1.82, 2.24) is 10.2 Å². The Morgan fingerprint density at radius 1 is 1.43 bits per heavy atom. The second kappa shape index (κ2) is 3.89. The van der Waals surface area contributed by atoms with Gasteiger partial charge >= 0.3 is 0 Å². The van der Waals surface area contributed by atoms with Crippen molar-refractivity contribution in [2.45, 2.75) is 44.7 Å². The summed E-state index contributed by atoms with van der Waals surface area (Å²) < 4.78 is 0. The molecule has 1 amide bonds. The zero-order valence-electron chi connectivity index (χ0n) is 9.12. The number of likely N-dealkylation sites (tertiary alicyclic amines) is 1. The zero-order valence-corrected chi connectivity index (χ0v) is 9.12. The number of rotatable bonds is 3. The molecular weight excluding hydrogens is 176 g/mol. The molecule has 0 aromatic rings. The molecule has 1 saturated carbocycles. The Bertz CT molecular complexity index is 225. The Morgan fingerprint density at radius 3 is 2.71 bits per heavy atom. The average molecular weight is 196 g/mol. The van der Waals surface area contributed by atoms with Crippen molar-refractivity contribution in [2.75, 3.05) is 13.6 Å². The summed E-state index contributed by atoms with van der Waals surface area (Å²) in [4.78, 5) is 14.1. The van der Waals surface area contributed by atoms with Crippen molar-refractivity contribution in [1.29, 1.82) is 0 Å². The van der Waals surface area contributed by atoms with Crippen LogP contribution >= 0.6 is 0 Å². The molecule has 2 unspecified atom stereocenters. The molecule has 2 atom stereocenters. The van der Waals surface area contributed by atoms with E-state index in [0.717, 1.165) is 25.3 Å². The number of carbonyl (C=O) groups is 1. The molecule has 0 aromatic heterocycles. The van der Waals surface area contributed by atoms with Gasteiger partial charge in [-0.2, -0.15) is 0 Å². The van der Waals surface area contributed by atoms with Crippen LogP contribution in [-0.4, -0.2) is 36.5 Å². The van der Waals surface area contributed by atoms with Gasteiger partial charge in [-0.15, -0.1) is 0 Å². The number of hydrogen-bond acceptors (Lipinski definition) is 2. The fourth-order valence-corrected chi connectivity index (χ4v) is 2.40. The largest absolute Gasteiger partial charge is 0.338 e. The predicted molar refractivity (Wildman–Crippen MR) is 56.0 cm³/mol. The lowest BCUT2D eigenvalue weighted by Gasteiger charge is -2.36. The molecule has 2 aliphatic rings. The second-order valence-corrected chi connectivity index (χ2v) is 4.59. The fraction of sp³-hybridized carbons (Fsp3) is 0.909. The van der Waals surface area contributed by atoms with Crippen molar-refractivity contribution in [3.05, 3.63) is 0 Å². The normalized spacial score (nSPS) is 30.6. The Labute approximate surface area is 85.8 Å². The maximum Gasteiger partial charge on any atom is 0.239 e. The van der Waals surface area contributed by atoms with Gasteiger partial charge in [0, 0.05) is 12.6 Å². The summed E-state index contributed by atoms with van der Waals surface area (Å²) in [5.41, 5.74) is 0. The Hall–Kier alpha value is -0.570. The zero-order chi connectivity index (χ0) is 10.1. The topological polar surface area (TPSA) is 32.3 Å². The highest BCUT2D eigenvalue weighted by Crippen LogP contribution is 2.36. The number of nitrogens with one attached hydrogen (secondary N) is 1. The molecule has 0 radical (unpaired) electrons. The van der Waals surface area contributed by atoms with Crippen LogP contribution in [0.3, 0.4) is 0 Å². The fourth-order valence-electron chi connectivity index (χ4n) is 2.40. The van der Waals surface area contributed by atoms with E-state index < -0.39 is 0 Å². The summed E-state index contributed by atoms with van der Waals surface area (Å²) in [6, 6.07) is 0.545. The number of carbonyl (C=O) groups excluding carboxylic acids is 1. The van der Waals surface area contributed by atoms with Crippen LogP contribution in [0.25, 0.3) is 0 Å². The Morgan fingerprint density at radius 2 is 2.14 bits per heavy atom. The van der Waals surface area contributed by atoms with Crippen LogP contribution in [0.4, 0.5) is 0 Å². The monoisotopic (exact) mass is 196 g/mol. The van der Waals surface area contributed by atoms with Crippen LogP contribution in [0.2, 0.25) is 0 Å². The van der Waals surface area contributed by atoms with Gasteiger partial charge in [0.25, 0.3) is 0 Å². The minimum absolute atomic E-state index is 0.0740. The van der Waals surface area contributed by atoms with E-state index in [1.807, 2.05) is 7.05 Å².